The van der Waals surface area contributed by atoms with Crippen molar-refractivity contribution in [1.29, 1.82) is 0 Å². The predicted molar refractivity (Wildman–Crippen MR) is 96.3 cm³/mol. The molecular weight excluding hydrogens is 302 g/mol. The molecule has 1 fully saturated rings. The van der Waals surface area contributed by atoms with E-state index in [1.807, 2.05) is 6.07 Å². The number of carboxylic acid groups (broad SMARTS) is 1. The van der Waals surface area contributed by atoms with Crippen molar-refractivity contribution in [2.45, 2.75) is 65.2 Å². The number of nitrogens with one attached hydrogen (secondary N) is 1. The normalized spacial score (nSPS) is 21.1. The molecule has 0 radical (unpaired) electrons. The summed E-state index contributed by atoms with van der Waals surface area (Å²) in [7, 11) is 0. The summed E-state index contributed by atoms with van der Waals surface area (Å²) in [5, 5.41) is 12.2. The van der Waals surface area contributed by atoms with Crippen LogP contribution >= 0.6 is 0 Å². The zero-order valence-corrected chi connectivity index (χ0v) is 15.1. The first-order chi connectivity index (χ1) is 11.3. The molecule has 1 aliphatic carbocycles. The van der Waals surface area contributed by atoms with Crippen LogP contribution in [0.15, 0.2) is 18.2 Å². The largest absolute Gasteiger partial charge is 0.481 e. The summed E-state index contributed by atoms with van der Waals surface area (Å²) in [4.78, 5) is 23.6. The van der Waals surface area contributed by atoms with Crippen LogP contribution in [0.2, 0.25) is 0 Å². The number of hydrogen-bond acceptors (Lipinski definition) is 2. The number of carbonyl (C=O) groups is 2. The molecule has 0 unspecified atom stereocenters. The van der Waals surface area contributed by atoms with Crippen molar-refractivity contribution < 1.29 is 14.7 Å². The van der Waals surface area contributed by atoms with E-state index in [9.17, 15) is 9.59 Å². The maximum absolute atomic E-state index is 12.6. The molecule has 2 N–H and O–H groups in total. The smallest absolute Gasteiger partial charge is 0.306 e. The fourth-order valence-electron chi connectivity index (χ4n) is 3.37. The summed E-state index contributed by atoms with van der Waals surface area (Å²) >= 11 is 0. The van der Waals surface area contributed by atoms with Crippen LogP contribution in [0.1, 0.15) is 76.3 Å². The average molecular weight is 331 g/mol. The number of benzene rings is 1. The number of carbonyl (C=O) groups excluding carboxylic acids is 1. The SMILES string of the molecule is CC(C)c1ccc(NC(=O)C2CCC(C(=O)O)CC2)c(C(C)C)c1. The molecule has 1 aromatic carbocycles. The lowest BCUT2D eigenvalue weighted by molar-refractivity contribution is -0.143. The third-order valence-electron chi connectivity index (χ3n) is 5.07. The molecule has 4 heteroatoms. The molecule has 0 atom stereocenters. The van der Waals surface area contributed by atoms with Crippen molar-refractivity contribution in [3.05, 3.63) is 29.3 Å². The van der Waals surface area contributed by atoms with E-state index in [-0.39, 0.29) is 17.7 Å². The van der Waals surface area contributed by atoms with Crippen molar-refractivity contribution >= 4 is 17.6 Å². The van der Waals surface area contributed by atoms with Crippen molar-refractivity contribution in [1.82, 2.24) is 0 Å². The fraction of sp³-hybridized carbons (Fsp3) is 0.600. The van der Waals surface area contributed by atoms with Crippen LogP contribution in [0, 0.1) is 11.8 Å². The summed E-state index contributed by atoms with van der Waals surface area (Å²) < 4.78 is 0. The standard InChI is InChI=1S/C20H29NO3/c1-12(2)16-9-10-18(17(11-16)13(3)4)21-19(22)14-5-7-15(8-6-14)20(23)24/h9-15H,5-8H2,1-4H3,(H,21,22)(H,23,24). The van der Waals surface area contributed by atoms with Crippen LogP contribution in [0.4, 0.5) is 5.69 Å². The van der Waals surface area contributed by atoms with Gasteiger partial charge in [-0.15, -0.1) is 0 Å². The van der Waals surface area contributed by atoms with Crippen LogP contribution in [0.5, 0.6) is 0 Å². The zero-order chi connectivity index (χ0) is 17.9. The van der Waals surface area contributed by atoms with Gasteiger partial charge in [0.2, 0.25) is 5.91 Å². The van der Waals surface area contributed by atoms with Gasteiger partial charge < -0.3 is 10.4 Å². The molecule has 1 saturated carbocycles. The first-order valence-corrected chi connectivity index (χ1v) is 8.97. The van der Waals surface area contributed by atoms with Crippen molar-refractivity contribution in [2.24, 2.45) is 11.8 Å². The second-order valence-electron chi connectivity index (χ2n) is 7.53. The maximum atomic E-state index is 12.6. The summed E-state index contributed by atoms with van der Waals surface area (Å²) in [6.45, 7) is 8.59. The van der Waals surface area contributed by atoms with Gasteiger partial charge in [-0.05, 0) is 54.7 Å². The number of rotatable bonds is 5. The molecule has 0 saturated heterocycles. The van der Waals surface area contributed by atoms with Gasteiger partial charge in [0, 0.05) is 11.6 Å². The van der Waals surface area contributed by atoms with E-state index in [0.717, 1.165) is 11.3 Å². The number of amides is 1. The topological polar surface area (TPSA) is 66.4 Å². The molecule has 0 bridgehead atoms. The van der Waals surface area contributed by atoms with E-state index in [2.05, 4.69) is 45.1 Å². The third-order valence-corrected chi connectivity index (χ3v) is 5.07. The van der Waals surface area contributed by atoms with Crippen LogP contribution in [0.3, 0.4) is 0 Å². The molecule has 0 aliphatic heterocycles. The van der Waals surface area contributed by atoms with E-state index in [4.69, 9.17) is 5.11 Å². The Morgan fingerprint density at radius 2 is 1.58 bits per heavy atom. The lowest BCUT2D eigenvalue weighted by atomic mass is 9.81. The number of hydrogen-bond donors (Lipinski definition) is 2. The highest BCUT2D eigenvalue weighted by Gasteiger charge is 2.30. The monoisotopic (exact) mass is 331 g/mol. The molecule has 1 aromatic rings. The molecule has 4 nitrogen and oxygen atoms in total. The van der Waals surface area contributed by atoms with Crippen LogP contribution in [-0.4, -0.2) is 17.0 Å². The zero-order valence-electron chi connectivity index (χ0n) is 15.1. The Kier molecular flexibility index (Phi) is 6.03. The first-order valence-electron chi connectivity index (χ1n) is 8.97. The summed E-state index contributed by atoms with van der Waals surface area (Å²) in [6, 6.07) is 6.27. The van der Waals surface area contributed by atoms with Crippen LogP contribution < -0.4 is 5.32 Å². The Labute approximate surface area is 144 Å². The Hall–Kier alpha value is -1.84. The Morgan fingerprint density at radius 3 is 2.08 bits per heavy atom. The molecule has 1 aliphatic rings. The molecule has 132 valence electrons. The second-order valence-corrected chi connectivity index (χ2v) is 7.53. The minimum absolute atomic E-state index is 0.0260. The van der Waals surface area contributed by atoms with Gasteiger partial charge in [-0.1, -0.05) is 39.8 Å². The first kappa shape index (κ1) is 18.5. The molecule has 0 aromatic heterocycles. The molecule has 0 spiro atoms. The van der Waals surface area contributed by atoms with Crippen molar-refractivity contribution in [3.63, 3.8) is 0 Å². The number of carboxylic acids is 1. The lowest BCUT2D eigenvalue weighted by Crippen LogP contribution is -2.29. The van der Waals surface area contributed by atoms with Gasteiger partial charge in [0.25, 0.3) is 0 Å². The summed E-state index contributed by atoms with van der Waals surface area (Å²) in [5.74, 6) is -0.283. The summed E-state index contributed by atoms with van der Waals surface area (Å²) in [6.07, 6.45) is 2.50. The van der Waals surface area contributed by atoms with E-state index in [1.165, 1.54) is 5.56 Å². The second kappa shape index (κ2) is 7.82. The van der Waals surface area contributed by atoms with E-state index >= 15 is 0 Å². The van der Waals surface area contributed by atoms with Gasteiger partial charge in [0.1, 0.15) is 0 Å². The quantitative estimate of drug-likeness (QED) is 0.817. The predicted octanol–water partition coefficient (Wildman–Crippen LogP) is 4.76. The number of anilines is 1. The third kappa shape index (κ3) is 4.37. The Morgan fingerprint density at radius 1 is 1.00 bits per heavy atom. The Balaban J connectivity index is 2.08. The van der Waals surface area contributed by atoms with Gasteiger partial charge in [0.05, 0.1) is 5.92 Å². The highest BCUT2D eigenvalue weighted by molar-refractivity contribution is 5.93. The lowest BCUT2D eigenvalue weighted by Gasteiger charge is -2.26. The average Bonchev–Trinajstić information content (AvgIpc) is 2.54. The molecule has 0 heterocycles. The van der Waals surface area contributed by atoms with E-state index in [0.29, 0.717) is 37.5 Å². The highest BCUT2D eigenvalue weighted by atomic mass is 16.4. The van der Waals surface area contributed by atoms with E-state index < -0.39 is 5.97 Å². The minimum Gasteiger partial charge on any atom is -0.481 e. The highest BCUT2D eigenvalue weighted by Crippen LogP contribution is 2.32. The maximum Gasteiger partial charge on any atom is 0.306 e. The van der Waals surface area contributed by atoms with Crippen molar-refractivity contribution in [3.8, 4) is 0 Å². The molecule has 1 amide bonds. The number of aliphatic carboxylic acids is 1. The van der Waals surface area contributed by atoms with Gasteiger partial charge in [-0.3, -0.25) is 9.59 Å². The molecule has 2 rings (SSSR count). The van der Waals surface area contributed by atoms with Gasteiger partial charge in [-0.2, -0.15) is 0 Å². The molecule has 24 heavy (non-hydrogen) atoms. The van der Waals surface area contributed by atoms with Gasteiger partial charge in [0.15, 0.2) is 0 Å². The van der Waals surface area contributed by atoms with Crippen LogP contribution in [-0.2, 0) is 9.59 Å². The fourth-order valence-corrected chi connectivity index (χ4v) is 3.37. The van der Waals surface area contributed by atoms with E-state index in [1.54, 1.807) is 0 Å². The summed E-state index contributed by atoms with van der Waals surface area (Å²) in [5.41, 5.74) is 3.33. The van der Waals surface area contributed by atoms with Crippen molar-refractivity contribution in [2.75, 3.05) is 5.32 Å². The van der Waals surface area contributed by atoms with Gasteiger partial charge in [-0.25, -0.2) is 0 Å². The van der Waals surface area contributed by atoms with Crippen LogP contribution in [0.25, 0.3) is 0 Å². The molecular formula is C20H29NO3. The minimum atomic E-state index is -0.736. The van der Waals surface area contributed by atoms with Gasteiger partial charge >= 0.3 is 5.97 Å². The Bertz CT molecular complexity index is 599.